The van der Waals surface area contributed by atoms with Crippen molar-refractivity contribution < 1.29 is 14.1 Å². The molecule has 3 nitrogen and oxygen atoms in total. The van der Waals surface area contributed by atoms with E-state index in [4.69, 9.17) is 0 Å². The van der Waals surface area contributed by atoms with Gasteiger partial charge in [0.05, 0.1) is 26.2 Å². The number of piperazine rings is 1. The molecular weight excluding hydrogens is 255 g/mol. The van der Waals surface area contributed by atoms with Gasteiger partial charge in [-0.2, -0.15) is 0 Å². The molecule has 0 radical (unpaired) electrons. The molecule has 1 N–H and O–H groups in total. The predicted molar refractivity (Wildman–Crippen MR) is 76.8 cm³/mol. The average molecular weight is 279 g/mol. The van der Waals surface area contributed by atoms with Crippen molar-refractivity contribution in [1.29, 1.82) is 0 Å². The number of halogens is 1. The summed E-state index contributed by atoms with van der Waals surface area (Å²) in [5, 5.41) is 0. The second kappa shape index (κ2) is 6.84. The molecule has 1 aromatic carbocycles. The number of quaternary nitrogens is 1. The van der Waals surface area contributed by atoms with E-state index >= 15 is 0 Å². The topological polar surface area (TPSA) is 24.8 Å². The highest BCUT2D eigenvalue weighted by Gasteiger charge is 2.24. The monoisotopic (exact) mass is 279 g/mol. The second-order valence-electron chi connectivity index (χ2n) is 6.00. The Labute approximate surface area is 120 Å². The number of hydrogen-bond donors (Lipinski definition) is 1. The molecule has 1 aliphatic rings. The van der Waals surface area contributed by atoms with Crippen LogP contribution in [0.15, 0.2) is 24.3 Å². The van der Waals surface area contributed by atoms with Gasteiger partial charge in [0.2, 0.25) is 5.91 Å². The van der Waals surface area contributed by atoms with Gasteiger partial charge in [0.15, 0.2) is 0 Å². The van der Waals surface area contributed by atoms with Crippen LogP contribution in [0.25, 0.3) is 0 Å². The van der Waals surface area contributed by atoms with Gasteiger partial charge in [-0.3, -0.25) is 4.79 Å². The highest BCUT2D eigenvalue weighted by molar-refractivity contribution is 5.76. The summed E-state index contributed by atoms with van der Waals surface area (Å²) < 4.78 is 13.6. The summed E-state index contributed by atoms with van der Waals surface area (Å²) in [4.78, 5) is 15.3. The van der Waals surface area contributed by atoms with E-state index in [2.05, 4.69) is 13.8 Å². The van der Waals surface area contributed by atoms with Crippen molar-refractivity contribution in [2.45, 2.75) is 26.8 Å². The zero-order chi connectivity index (χ0) is 14.5. The van der Waals surface area contributed by atoms with E-state index < -0.39 is 0 Å². The maximum absolute atomic E-state index is 13.6. The molecule has 1 amide bonds. The van der Waals surface area contributed by atoms with E-state index in [-0.39, 0.29) is 11.7 Å². The van der Waals surface area contributed by atoms with Gasteiger partial charge in [-0.05, 0) is 12.0 Å². The van der Waals surface area contributed by atoms with Crippen LogP contribution in [0.3, 0.4) is 0 Å². The molecule has 1 heterocycles. The fourth-order valence-electron chi connectivity index (χ4n) is 2.64. The lowest BCUT2D eigenvalue weighted by Crippen LogP contribution is -3.13. The Bertz CT molecular complexity index is 454. The molecule has 0 unspecified atom stereocenters. The van der Waals surface area contributed by atoms with Crippen LogP contribution in [0, 0.1) is 11.7 Å². The molecule has 0 atom stereocenters. The van der Waals surface area contributed by atoms with Crippen LogP contribution >= 0.6 is 0 Å². The summed E-state index contributed by atoms with van der Waals surface area (Å²) in [7, 11) is 0. The van der Waals surface area contributed by atoms with Gasteiger partial charge in [-0.1, -0.05) is 32.0 Å². The molecule has 0 aromatic heterocycles. The molecule has 0 bridgehead atoms. The molecule has 0 aliphatic carbocycles. The first-order chi connectivity index (χ1) is 9.56. The predicted octanol–water partition coefficient (Wildman–Crippen LogP) is 1.10. The lowest BCUT2D eigenvalue weighted by atomic mass is 10.1. The molecule has 20 heavy (non-hydrogen) atoms. The van der Waals surface area contributed by atoms with E-state index in [1.807, 2.05) is 17.0 Å². The smallest absolute Gasteiger partial charge is 0.223 e. The summed E-state index contributed by atoms with van der Waals surface area (Å²) >= 11 is 0. The molecule has 4 heteroatoms. The van der Waals surface area contributed by atoms with E-state index in [0.29, 0.717) is 18.9 Å². The Morgan fingerprint density at radius 1 is 1.30 bits per heavy atom. The number of nitrogens with zero attached hydrogens (tertiary/aromatic N) is 1. The Balaban J connectivity index is 1.83. The minimum Gasteiger partial charge on any atom is -0.331 e. The number of amides is 1. The second-order valence-corrected chi connectivity index (χ2v) is 6.00. The summed E-state index contributed by atoms with van der Waals surface area (Å²) in [6.45, 7) is 8.22. The highest BCUT2D eigenvalue weighted by atomic mass is 19.1. The van der Waals surface area contributed by atoms with Gasteiger partial charge < -0.3 is 9.80 Å². The number of rotatable bonds is 4. The van der Waals surface area contributed by atoms with Crippen LogP contribution in [0.4, 0.5) is 4.39 Å². The lowest BCUT2D eigenvalue weighted by molar-refractivity contribution is -0.917. The van der Waals surface area contributed by atoms with Crippen LogP contribution < -0.4 is 4.90 Å². The van der Waals surface area contributed by atoms with Crippen molar-refractivity contribution in [3.05, 3.63) is 35.6 Å². The zero-order valence-electron chi connectivity index (χ0n) is 12.4. The third-order valence-electron chi connectivity index (χ3n) is 3.80. The van der Waals surface area contributed by atoms with Crippen LogP contribution in [-0.2, 0) is 11.3 Å². The Morgan fingerprint density at radius 2 is 1.95 bits per heavy atom. The maximum Gasteiger partial charge on any atom is 0.223 e. The van der Waals surface area contributed by atoms with E-state index in [1.165, 1.54) is 11.0 Å². The van der Waals surface area contributed by atoms with Gasteiger partial charge >= 0.3 is 0 Å². The Kier molecular flexibility index (Phi) is 5.12. The fourth-order valence-corrected chi connectivity index (χ4v) is 2.64. The zero-order valence-corrected chi connectivity index (χ0v) is 12.4. The Morgan fingerprint density at radius 3 is 2.55 bits per heavy atom. The van der Waals surface area contributed by atoms with Crippen LogP contribution in [0.1, 0.15) is 25.8 Å². The van der Waals surface area contributed by atoms with Crippen molar-refractivity contribution in [3.63, 3.8) is 0 Å². The summed E-state index contributed by atoms with van der Waals surface area (Å²) in [5.41, 5.74) is 0.768. The third kappa shape index (κ3) is 4.04. The fraction of sp³-hybridized carbons (Fsp3) is 0.562. The highest BCUT2D eigenvalue weighted by Crippen LogP contribution is 2.06. The number of nitrogens with one attached hydrogen (secondary N) is 1. The van der Waals surface area contributed by atoms with Crippen molar-refractivity contribution in [1.82, 2.24) is 4.90 Å². The largest absolute Gasteiger partial charge is 0.331 e. The molecule has 110 valence electrons. The molecule has 1 saturated heterocycles. The lowest BCUT2D eigenvalue weighted by Gasteiger charge is -2.32. The van der Waals surface area contributed by atoms with Crippen molar-refractivity contribution in [2.24, 2.45) is 5.92 Å². The molecule has 1 aliphatic heterocycles. The van der Waals surface area contributed by atoms with Gasteiger partial charge in [0, 0.05) is 12.0 Å². The first kappa shape index (κ1) is 15.0. The molecule has 0 spiro atoms. The quantitative estimate of drug-likeness (QED) is 0.877. The number of hydrogen-bond acceptors (Lipinski definition) is 1. The van der Waals surface area contributed by atoms with Crippen LogP contribution in [0.2, 0.25) is 0 Å². The van der Waals surface area contributed by atoms with E-state index in [0.717, 1.165) is 31.7 Å². The number of carbonyl (C=O) groups is 1. The molecule has 1 aromatic rings. The van der Waals surface area contributed by atoms with Gasteiger partial charge in [-0.15, -0.1) is 0 Å². The first-order valence-corrected chi connectivity index (χ1v) is 7.41. The standard InChI is InChI=1S/C16H23FN2O/c1-13(2)11-16(20)19-9-7-18(8-10-19)12-14-5-3-4-6-15(14)17/h3-6,13H,7-12H2,1-2H3/p+1. The minimum atomic E-state index is -0.127. The number of benzene rings is 1. The summed E-state index contributed by atoms with van der Waals surface area (Å²) in [6.07, 6.45) is 0.628. The molecule has 2 rings (SSSR count). The SMILES string of the molecule is CC(C)CC(=O)N1CC[NH+](Cc2ccccc2F)CC1. The summed E-state index contributed by atoms with van der Waals surface area (Å²) in [5.74, 6) is 0.537. The minimum absolute atomic E-state index is 0.127. The maximum atomic E-state index is 13.6. The van der Waals surface area contributed by atoms with Crippen molar-refractivity contribution in [2.75, 3.05) is 26.2 Å². The summed E-state index contributed by atoms with van der Waals surface area (Å²) in [6, 6.07) is 6.95. The third-order valence-corrected chi connectivity index (χ3v) is 3.80. The van der Waals surface area contributed by atoms with Crippen LogP contribution in [0.5, 0.6) is 0 Å². The van der Waals surface area contributed by atoms with Crippen molar-refractivity contribution >= 4 is 5.91 Å². The van der Waals surface area contributed by atoms with Gasteiger partial charge in [-0.25, -0.2) is 4.39 Å². The molecule has 0 saturated carbocycles. The number of carbonyl (C=O) groups excluding carboxylic acids is 1. The first-order valence-electron chi connectivity index (χ1n) is 7.41. The molecule has 1 fully saturated rings. The van der Waals surface area contributed by atoms with E-state index in [1.54, 1.807) is 6.07 Å². The normalized spacial score (nSPS) is 16.7. The molecular formula is C16H24FN2O+. The van der Waals surface area contributed by atoms with Crippen LogP contribution in [-0.4, -0.2) is 37.0 Å². The van der Waals surface area contributed by atoms with Crippen molar-refractivity contribution in [3.8, 4) is 0 Å². The average Bonchev–Trinajstić information content (AvgIpc) is 2.41. The van der Waals surface area contributed by atoms with E-state index in [9.17, 15) is 9.18 Å². The Hall–Kier alpha value is -1.42. The van der Waals surface area contributed by atoms with Gasteiger partial charge in [0.1, 0.15) is 12.4 Å². The van der Waals surface area contributed by atoms with Gasteiger partial charge in [0.25, 0.3) is 0 Å².